The maximum atomic E-state index is 13.2. The van der Waals surface area contributed by atoms with Crippen molar-refractivity contribution in [3.8, 4) is 0 Å². The van der Waals surface area contributed by atoms with Crippen LogP contribution in [0, 0.1) is 0 Å². The van der Waals surface area contributed by atoms with E-state index in [9.17, 15) is 39.0 Å². The second-order valence-electron chi connectivity index (χ2n) is 9.18. The maximum absolute atomic E-state index is 13.2. The number of hydrogen-bond donors (Lipinski definition) is 5. The van der Waals surface area contributed by atoms with Gasteiger partial charge < -0.3 is 31.5 Å². The summed E-state index contributed by atoms with van der Waals surface area (Å²) in [6.07, 6.45) is -0.117. The summed E-state index contributed by atoms with van der Waals surface area (Å²) in [4.78, 5) is 77.3. The first-order valence-corrected chi connectivity index (χ1v) is 12.6. The summed E-state index contributed by atoms with van der Waals surface area (Å²) in [6.45, 7) is -0.338. The van der Waals surface area contributed by atoms with Crippen molar-refractivity contribution in [3.05, 3.63) is 71.8 Å². The molecule has 3 atom stereocenters. The van der Waals surface area contributed by atoms with Gasteiger partial charge in [-0.15, -0.1) is 0 Å². The molecule has 0 aromatic heterocycles. The summed E-state index contributed by atoms with van der Waals surface area (Å²) in [7, 11) is 0. The van der Waals surface area contributed by atoms with Gasteiger partial charge in [0.1, 0.15) is 18.6 Å². The normalized spacial score (nSPS) is 16.4. The van der Waals surface area contributed by atoms with E-state index < -0.39 is 66.8 Å². The third-order valence-electron chi connectivity index (χ3n) is 6.28. The number of nitrogens with one attached hydrogen (secondary N) is 2. The Kier molecular flexibility index (Phi) is 10.3. The molecular formula is C27H31N5O8. The van der Waals surface area contributed by atoms with Crippen LogP contribution in [0.15, 0.2) is 60.7 Å². The van der Waals surface area contributed by atoms with Crippen molar-refractivity contribution in [1.29, 1.82) is 0 Å². The van der Waals surface area contributed by atoms with E-state index in [0.717, 1.165) is 10.5 Å². The fourth-order valence-electron chi connectivity index (χ4n) is 4.33. The molecule has 1 saturated heterocycles. The summed E-state index contributed by atoms with van der Waals surface area (Å²) in [5, 5.41) is 23.3. The molecule has 2 aromatic carbocycles. The van der Waals surface area contributed by atoms with Crippen molar-refractivity contribution < 1.29 is 39.0 Å². The van der Waals surface area contributed by atoms with E-state index in [2.05, 4.69) is 10.6 Å². The third kappa shape index (κ3) is 7.63. The molecule has 0 spiro atoms. The first-order valence-electron chi connectivity index (χ1n) is 12.6. The number of aliphatic carboxylic acids is 2. The lowest BCUT2D eigenvalue weighted by Crippen LogP contribution is -2.52. The molecule has 0 saturated carbocycles. The van der Waals surface area contributed by atoms with Gasteiger partial charge in [0.25, 0.3) is 5.91 Å². The average molecular weight is 554 g/mol. The van der Waals surface area contributed by atoms with Gasteiger partial charge in [-0.25, -0.2) is 9.59 Å². The lowest BCUT2D eigenvalue weighted by Gasteiger charge is -2.22. The van der Waals surface area contributed by atoms with Crippen LogP contribution in [0.5, 0.6) is 0 Å². The minimum Gasteiger partial charge on any atom is -0.481 e. The quantitative estimate of drug-likeness (QED) is 0.206. The van der Waals surface area contributed by atoms with E-state index in [1.54, 1.807) is 42.5 Å². The molecule has 1 aliphatic heterocycles. The number of nitrogens with zero attached hydrogens (tertiary/aromatic N) is 2. The van der Waals surface area contributed by atoms with Crippen molar-refractivity contribution in [2.45, 2.75) is 43.9 Å². The molecule has 40 heavy (non-hydrogen) atoms. The van der Waals surface area contributed by atoms with Crippen molar-refractivity contribution in [2.24, 2.45) is 5.73 Å². The third-order valence-corrected chi connectivity index (χ3v) is 6.28. The van der Waals surface area contributed by atoms with Crippen molar-refractivity contribution in [3.63, 3.8) is 0 Å². The van der Waals surface area contributed by atoms with Crippen LogP contribution in [0.25, 0.3) is 0 Å². The predicted molar refractivity (Wildman–Crippen MR) is 140 cm³/mol. The number of urea groups is 1. The Balaban J connectivity index is 1.73. The molecule has 0 bridgehead atoms. The smallest absolute Gasteiger partial charge is 0.330 e. The number of benzene rings is 2. The Morgan fingerprint density at radius 3 is 2.12 bits per heavy atom. The number of amides is 5. The molecule has 5 amide bonds. The average Bonchev–Trinajstić information content (AvgIpc) is 3.14. The van der Waals surface area contributed by atoms with Gasteiger partial charge >= 0.3 is 18.0 Å². The lowest BCUT2D eigenvalue weighted by molar-refractivity contribution is -0.143. The molecule has 1 fully saturated rings. The molecular weight excluding hydrogens is 522 g/mol. The van der Waals surface area contributed by atoms with Gasteiger partial charge in [0.15, 0.2) is 6.04 Å². The van der Waals surface area contributed by atoms with Crippen molar-refractivity contribution >= 4 is 35.7 Å². The van der Waals surface area contributed by atoms with E-state index in [4.69, 9.17) is 5.73 Å². The monoisotopic (exact) mass is 553 g/mol. The van der Waals surface area contributed by atoms with Crippen LogP contribution < -0.4 is 16.4 Å². The SMILES string of the molecule is NCCC[C@H]1C(=O)N(CC(=O)N[C@@H](CC(=O)O)C(=O)N[C@H](C(=O)O)c2ccccc2)C(=O)N1Cc1ccccc1. The van der Waals surface area contributed by atoms with Crippen LogP contribution in [0.4, 0.5) is 4.79 Å². The van der Waals surface area contributed by atoms with E-state index in [-0.39, 0.29) is 18.5 Å². The summed E-state index contributed by atoms with van der Waals surface area (Å²) < 4.78 is 0. The molecule has 13 nitrogen and oxygen atoms in total. The molecule has 1 aliphatic rings. The molecule has 6 N–H and O–H groups in total. The lowest BCUT2D eigenvalue weighted by atomic mass is 10.1. The van der Waals surface area contributed by atoms with Gasteiger partial charge in [0.2, 0.25) is 11.8 Å². The molecule has 0 radical (unpaired) electrons. The second-order valence-corrected chi connectivity index (χ2v) is 9.18. The summed E-state index contributed by atoms with van der Waals surface area (Å²) in [6, 6.07) is 12.0. The number of imide groups is 1. The highest BCUT2D eigenvalue weighted by Crippen LogP contribution is 2.24. The Morgan fingerprint density at radius 2 is 1.55 bits per heavy atom. The number of carboxylic acids is 2. The first kappa shape index (κ1) is 29.8. The van der Waals surface area contributed by atoms with Gasteiger partial charge in [0, 0.05) is 6.54 Å². The highest BCUT2D eigenvalue weighted by atomic mass is 16.4. The van der Waals surface area contributed by atoms with Crippen LogP contribution in [0.3, 0.4) is 0 Å². The van der Waals surface area contributed by atoms with Gasteiger partial charge in [-0.3, -0.25) is 24.1 Å². The molecule has 1 heterocycles. The number of rotatable bonds is 14. The zero-order valence-electron chi connectivity index (χ0n) is 21.6. The van der Waals surface area contributed by atoms with Gasteiger partial charge in [0.05, 0.1) is 6.42 Å². The number of carbonyl (C=O) groups is 6. The number of carboxylic acid groups (broad SMARTS) is 2. The minimum absolute atomic E-state index is 0.124. The second kappa shape index (κ2) is 13.8. The zero-order chi connectivity index (χ0) is 29.2. The van der Waals surface area contributed by atoms with Crippen LogP contribution in [-0.2, 0) is 30.5 Å². The highest BCUT2D eigenvalue weighted by molar-refractivity contribution is 6.06. The van der Waals surface area contributed by atoms with Gasteiger partial charge in [-0.1, -0.05) is 60.7 Å². The summed E-state index contributed by atoms with van der Waals surface area (Å²) in [5.41, 5.74) is 6.61. The number of nitrogens with two attached hydrogens (primary N) is 1. The van der Waals surface area contributed by atoms with Crippen LogP contribution in [0.2, 0.25) is 0 Å². The van der Waals surface area contributed by atoms with Crippen LogP contribution in [0.1, 0.15) is 36.4 Å². The Bertz CT molecular complexity index is 1240. The first-order chi connectivity index (χ1) is 19.1. The highest BCUT2D eigenvalue weighted by Gasteiger charge is 2.45. The van der Waals surface area contributed by atoms with Crippen molar-refractivity contribution in [1.82, 2.24) is 20.4 Å². The minimum atomic E-state index is -1.67. The van der Waals surface area contributed by atoms with Crippen LogP contribution in [-0.4, -0.2) is 80.9 Å². The van der Waals surface area contributed by atoms with E-state index >= 15 is 0 Å². The number of carbonyl (C=O) groups excluding carboxylic acids is 4. The fourth-order valence-corrected chi connectivity index (χ4v) is 4.33. The Morgan fingerprint density at radius 1 is 0.925 bits per heavy atom. The molecule has 3 rings (SSSR count). The van der Waals surface area contributed by atoms with E-state index in [1.165, 1.54) is 17.0 Å². The fraction of sp³-hybridized carbons (Fsp3) is 0.333. The molecule has 0 unspecified atom stereocenters. The maximum Gasteiger partial charge on any atom is 0.330 e. The van der Waals surface area contributed by atoms with E-state index in [0.29, 0.717) is 13.0 Å². The summed E-state index contributed by atoms with van der Waals surface area (Å²) in [5.74, 6) is -5.46. The molecule has 2 aromatic rings. The van der Waals surface area contributed by atoms with E-state index in [1.807, 2.05) is 6.07 Å². The largest absolute Gasteiger partial charge is 0.481 e. The Labute approximate surface area is 229 Å². The topological polar surface area (TPSA) is 199 Å². The predicted octanol–water partition coefficient (Wildman–Crippen LogP) is 0.460. The molecule has 0 aliphatic carbocycles. The molecule has 212 valence electrons. The van der Waals surface area contributed by atoms with Crippen LogP contribution >= 0.6 is 0 Å². The van der Waals surface area contributed by atoms with Gasteiger partial charge in [-0.2, -0.15) is 0 Å². The van der Waals surface area contributed by atoms with Gasteiger partial charge in [-0.05, 0) is 30.5 Å². The molecule has 13 heteroatoms. The standard InChI is InChI=1S/C27H31N5O8/c28-13-7-12-20-25(37)32(27(40)31(20)15-17-8-3-1-4-9-17)16-21(33)29-19(14-22(34)35)24(36)30-23(26(38)39)18-10-5-2-6-11-18/h1-6,8-11,19-20,23H,7,12-16,28H2,(H,29,33)(H,30,36)(H,34,35)(H,38,39)/t19-,20-,23-/m0/s1. The van der Waals surface area contributed by atoms with Crippen molar-refractivity contribution in [2.75, 3.05) is 13.1 Å². The zero-order valence-corrected chi connectivity index (χ0v) is 21.6. The Hall–Kier alpha value is -4.78. The number of hydrogen-bond acceptors (Lipinski definition) is 7. The summed E-state index contributed by atoms with van der Waals surface area (Å²) >= 11 is 0.